The summed E-state index contributed by atoms with van der Waals surface area (Å²) in [5.41, 5.74) is 0. The topological polar surface area (TPSA) is 49.1 Å². The number of morpholine rings is 1. The second-order valence-corrected chi connectivity index (χ2v) is 6.98. The molecule has 3 heterocycles. The van der Waals surface area contributed by atoms with Gasteiger partial charge in [-0.2, -0.15) is 0 Å². The van der Waals surface area contributed by atoms with E-state index in [1.165, 1.54) is 0 Å². The minimum atomic E-state index is 0.286. The van der Waals surface area contributed by atoms with Gasteiger partial charge in [-0.3, -0.25) is 9.80 Å². The van der Waals surface area contributed by atoms with Crippen molar-refractivity contribution in [2.24, 2.45) is 11.8 Å². The molecule has 5 heteroatoms. The molecule has 1 aromatic heterocycles. The Labute approximate surface area is 139 Å². The molecular weight excluding hydrogens is 292 g/mol. The fourth-order valence-electron chi connectivity index (χ4n) is 3.89. The van der Waals surface area contributed by atoms with Crippen LogP contribution in [-0.2, 0) is 17.7 Å². The van der Waals surface area contributed by atoms with Gasteiger partial charge in [0.15, 0.2) is 0 Å². The summed E-state index contributed by atoms with van der Waals surface area (Å²) in [6.45, 7) is 10.2. The molecule has 0 aliphatic carbocycles. The number of rotatable bonds is 6. The van der Waals surface area contributed by atoms with E-state index in [0.29, 0.717) is 11.8 Å². The maximum atomic E-state index is 9.66. The molecule has 3 rings (SSSR count). The average Bonchev–Trinajstić information content (AvgIpc) is 3.03. The van der Waals surface area contributed by atoms with Gasteiger partial charge in [-0.15, -0.1) is 0 Å². The van der Waals surface area contributed by atoms with Crippen molar-refractivity contribution in [3.8, 4) is 0 Å². The lowest BCUT2D eigenvalue weighted by atomic mass is 9.89. The lowest BCUT2D eigenvalue weighted by Gasteiger charge is -2.39. The van der Waals surface area contributed by atoms with E-state index in [1.54, 1.807) is 0 Å². The van der Waals surface area contributed by atoms with E-state index in [-0.39, 0.29) is 6.61 Å². The highest BCUT2D eigenvalue weighted by atomic mass is 16.5. The Hall–Kier alpha value is -0.880. The lowest BCUT2D eigenvalue weighted by Crippen LogP contribution is -2.47. The van der Waals surface area contributed by atoms with Crippen LogP contribution in [0.5, 0.6) is 0 Å². The summed E-state index contributed by atoms with van der Waals surface area (Å²) in [5, 5.41) is 9.66. The van der Waals surface area contributed by atoms with Crippen molar-refractivity contribution in [1.29, 1.82) is 0 Å². The number of hydrogen-bond donors (Lipinski definition) is 1. The van der Waals surface area contributed by atoms with Crippen LogP contribution in [0.4, 0.5) is 0 Å². The van der Waals surface area contributed by atoms with Crippen molar-refractivity contribution in [2.75, 3.05) is 52.5 Å². The normalized spacial score (nSPS) is 27.4. The van der Waals surface area contributed by atoms with E-state index in [0.717, 1.165) is 76.8 Å². The van der Waals surface area contributed by atoms with Crippen LogP contribution >= 0.6 is 0 Å². The van der Waals surface area contributed by atoms with Crippen LogP contribution in [0.25, 0.3) is 0 Å². The first-order chi connectivity index (χ1) is 11.3. The molecule has 2 aliphatic rings. The predicted octanol–water partition coefficient (Wildman–Crippen LogP) is 1.60. The first kappa shape index (κ1) is 17.0. The van der Waals surface area contributed by atoms with Gasteiger partial charge in [0.05, 0.1) is 19.8 Å². The quantitative estimate of drug-likeness (QED) is 0.862. The predicted molar refractivity (Wildman–Crippen MR) is 89.3 cm³/mol. The van der Waals surface area contributed by atoms with E-state index < -0.39 is 0 Å². The third-order valence-electron chi connectivity index (χ3n) is 5.02. The van der Waals surface area contributed by atoms with Gasteiger partial charge in [-0.1, -0.05) is 6.92 Å². The summed E-state index contributed by atoms with van der Waals surface area (Å²) in [5.74, 6) is 3.11. The molecule has 0 unspecified atom stereocenters. The molecule has 2 saturated heterocycles. The third-order valence-corrected chi connectivity index (χ3v) is 5.02. The number of piperidine rings is 1. The number of hydrogen-bond acceptors (Lipinski definition) is 5. The first-order valence-electron chi connectivity index (χ1n) is 8.97. The van der Waals surface area contributed by atoms with E-state index in [4.69, 9.17) is 9.15 Å². The summed E-state index contributed by atoms with van der Waals surface area (Å²) in [6, 6.07) is 4.17. The Morgan fingerprint density at radius 3 is 2.52 bits per heavy atom. The molecule has 23 heavy (non-hydrogen) atoms. The average molecular weight is 322 g/mol. The van der Waals surface area contributed by atoms with Gasteiger partial charge in [0.25, 0.3) is 0 Å². The number of aliphatic hydroxyl groups is 1. The Morgan fingerprint density at radius 1 is 1.09 bits per heavy atom. The molecule has 0 spiro atoms. The Morgan fingerprint density at radius 2 is 1.83 bits per heavy atom. The zero-order chi connectivity index (χ0) is 16.1. The molecule has 2 aliphatic heterocycles. The van der Waals surface area contributed by atoms with Crippen LogP contribution < -0.4 is 0 Å². The molecule has 1 aromatic rings. The van der Waals surface area contributed by atoms with Crippen LogP contribution in [0, 0.1) is 11.8 Å². The molecule has 5 nitrogen and oxygen atoms in total. The van der Waals surface area contributed by atoms with Gasteiger partial charge in [0.1, 0.15) is 11.5 Å². The van der Waals surface area contributed by atoms with Gasteiger partial charge in [0.2, 0.25) is 0 Å². The minimum absolute atomic E-state index is 0.286. The fraction of sp³-hybridized carbons (Fsp3) is 0.778. The Kier molecular flexibility index (Phi) is 6.11. The number of nitrogens with zero attached hydrogens (tertiary/aromatic N) is 2. The maximum Gasteiger partial charge on any atom is 0.118 e. The van der Waals surface area contributed by atoms with Crippen molar-refractivity contribution in [2.45, 2.75) is 26.3 Å². The molecule has 0 bridgehead atoms. The second-order valence-electron chi connectivity index (χ2n) is 6.98. The summed E-state index contributed by atoms with van der Waals surface area (Å²) in [7, 11) is 0. The Bertz CT molecular complexity index is 471. The number of likely N-dealkylation sites (tertiary alicyclic amines) is 1. The van der Waals surface area contributed by atoms with E-state index in [2.05, 4.69) is 28.9 Å². The largest absolute Gasteiger partial charge is 0.465 e. The molecule has 0 amide bonds. The molecule has 1 N–H and O–H groups in total. The van der Waals surface area contributed by atoms with Gasteiger partial charge in [-0.25, -0.2) is 0 Å². The lowest BCUT2D eigenvalue weighted by molar-refractivity contribution is 0.0108. The van der Waals surface area contributed by atoms with Gasteiger partial charge >= 0.3 is 0 Å². The summed E-state index contributed by atoms with van der Waals surface area (Å²) < 4.78 is 11.3. The van der Waals surface area contributed by atoms with Crippen molar-refractivity contribution in [1.82, 2.24) is 9.80 Å². The summed E-state index contributed by atoms with van der Waals surface area (Å²) in [6.07, 6.45) is 2.07. The summed E-state index contributed by atoms with van der Waals surface area (Å²) >= 11 is 0. The highest BCUT2D eigenvalue weighted by molar-refractivity contribution is 5.07. The number of aliphatic hydroxyl groups excluding tert-OH is 1. The van der Waals surface area contributed by atoms with Crippen molar-refractivity contribution < 1.29 is 14.3 Å². The second kappa shape index (κ2) is 8.29. The number of aryl methyl sites for hydroxylation is 1. The third kappa shape index (κ3) is 4.80. The monoisotopic (exact) mass is 322 g/mol. The van der Waals surface area contributed by atoms with E-state index in [9.17, 15) is 5.11 Å². The molecule has 2 fully saturated rings. The van der Waals surface area contributed by atoms with Crippen LogP contribution in [0.2, 0.25) is 0 Å². The Balaban J connectivity index is 1.56. The molecule has 0 radical (unpaired) electrons. The highest BCUT2D eigenvalue weighted by Gasteiger charge is 2.29. The zero-order valence-electron chi connectivity index (χ0n) is 14.2. The SMILES string of the molecule is CCc1ccc(CN2C[C@H](CO)C[C@H](CN3CCOCC3)C2)o1. The zero-order valence-corrected chi connectivity index (χ0v) is 14.2. The van der Waals surface area contributed by atoms with Gasteiger partial charge in [-0.05, 0) is 30.4 Å². The van der Waals surface area contributed by atoms with Crippen molar-refractivity contribution in [3.05, 3.63) is 23.7 Å². The van der Waals surface area contributed by atoms with Crippen molar-refractivity contribution >= 4 is 0 Å². The molecule has 0 saturated carbocycles. The van der Waals surface area contributed by atoms with Crippen LogP contribution in [-0.4, -0.2) is 67.5 Å². The van der Waals surface area contributed by atoms with Crippen LogP contribution in [0.3, 0.4) is 0 Å². The maximum absolute atomic E-state index is 9.66. The van der Waals surface area contributed by atoms with Crippen molar-refractivity contribution in [3.63, 3.8) is 0 Å². The molecule has 0 aromatic carbocycles. The smallest absolute Gasteiger partial charge is 0.118 e. The number of furan rings is 1. The highest BCUT2D eigenvalue weighted by Crippen LogP contribution is 2.25. The van der Waals surface area contributed by atoms with Crippen LogP contribution in [0.15, 0.2) is 16.5 Å². The van der Waals surface area contributed by atoms with Gasteiger partial charge in [0, 0.05) is 45.8 Å². The van der Waals surface area contributed by atoms with E-state index >= 15 is 0 Å². The summed E-state index contributed by atoms with van der Waals surface area (Å²) in [4.78, 5) is 4.96. The van der Waals surface area contributed by atoms with Crippen LogP contribution in [0.1, 0.15) is 24.9 Å². The first-order valence-corrected chi connectivity index (χ1v) is 8.97. The van der Waals surface area contributed by atoms with Gasteiger partial charge < -0.3 is 14.3 Å². The number of ether oxygens (including phenoxy) is 1. The minimum Gasteiger partial charge on any atom is -0.465 e. The molecule has 130 valence electrons. The standard InChI is InChI=1S/C18H30N2O3/c1-2-17-3-4-18(23-17)13-20-11-15(9-16(12-20)14-21)10-19-5-7-22-8-6-19/h3-4,15-16,21H,2,5-14H2,1H3/t15-,16-/m1/s1. The molecular formula is C18H30N2O3. The molecule has 2 atom stereocenters. The van der Waals surface area contributed by atoms with E-state index in [1.807, 2.05) is 0 Å². The fourth-order valence-corrected chi connectivity index (χ4v) is 3.89.